The minimum Gasteiger partial charge on any atom is -0.396 e. The van der Waals surface area contributed by atoms with Crippen LogP contribution in [0.15, 0.2) is 0 Å². The van der Waals surface area contributed by atoms with E-state index < -0.39 is 16.5 Å². The number of rotatable bonds is 9. The van der Waals surface area contributed by atoms with Crippen molar-refractivity contribution in [1.82, 2.24) is 0 Å². The summed E-state index contributed by atoms with van der Waals surface area (Å²) in [5.74, 6) is 1.42. The number of hydrogen-bond acceptors (Lipinski definition) is 7. The van der Waals surface area contributed by atoms with Gasteiger partial charge in [0.05, 0.1) is 24.9 Å². The van der Waals surface area contributed by atoms with E-state index in [1.54, 1.807) is 0 Å². The van der Waals surface area contributed by atoms with Gasteiger partial charge in [-0.15, -0.1) is 0 Å². The van der Waals surface area contributed by atoms with Gasteiger partial charge >= 0.3 is 10.4 Å². The van der Waals surface area contributed by atoms with Crippen molar-refractivity contribution in [3.05, 3.63) is 0 Å². The summed E-state index contributed by atoms with van der Waals surface area (Å²) in [6.45, 7) is 6.39. The maximum Gasteiger partial charge on any atom is 0.397 e. The summed E-state index contributed by atoms with van der Waals surface area (Å²) < 4.78 is 34.9. The Balaban J connectivity index is 1.42. The number of aliphatic hydroxyl groups excluding tert-OH is 4. The molecule has 9 heteroatoms. The Bertz CT molecular complexity index is 866. The first-order chi connectivity index (χ1) is 16.8. The number of fused-ring (bicyclic) bond motifs is 5. The van der Waals surface area contributed by atoms with Crippen molar-refractivity contribution in [1.29, 1.82) is 0 Å². The van der Waals surface area contributed by atoms with Gasteiger partial charge in [0.1, 0.15) is 0 Å². The van der Waals surface area contributed by atoms with Crippen LogP contribution in [0.5, 0.6) is 0 Å². The van der Waals surface area contributed by atoms with E-state index >= 15 is 0 Å². The van der Waals surface area contributed by atoms with Crippen molar-refractivity contribution in [3.63, 3.8) is 0 Å². The zero-order chi connectivity index (χ0) is 26.5. The normalized spacial score (nSPS) is 46.4. The van der Waals surface area contributed by atoms with Crippen LogP contribution in [0, 0.1) is 52.3 Å². The molecule has 0 saturated heterocycles. The van der Waals surface area contributed by atoms with Gasteiger partial charge < -0.3 is 20.4 Å². The average Bonchev–Trinajstić information content (AvgIpc) is 3.16. The summed E-state index contributed by atoms with van der Waals surface area (Å²) in [5.41, 5.74) is -0.179. The molecule has 12 atom stereocenters. The fourth-order valence-corrected chi connectivity index (χ4v) is 9.84. The molecule has 210 valence electrons. The van der Waals surface area contributed by atoms with Crippen LogP contribution in [0.25, 0.3) is 0 Å². The largest absolute Gasteiger partial charge is 0.397 e. The van der Waals surface area contributed by atoms with Crippen LogP contribution in [-0.4, -0.2) is 64.9 Å². The fraction of sp³-hybridized carbons (Fsp3) is 1.00. The second-order valence-corrected chi connectivity index (χ2v) is 14.3. The zero-order valence-electron chi connectivity index (χ0n) is 22.1. The first kappa shape index (κ1) is 28.7. The molecule has 4 aliphatic carbocycles. The monoisotopic (exact) mass is 532 g/mol. The number of aliphatic hydroxyl groups is 4. The summed E-state index contributed by atoms with van der Waals surface area (Å²) in [5, 5.41) is 42.9. The predicted octanol–water partition coefficient (Wildman–Crippen LogP) is 3.18. The third-order valence-corrected chi connectivity index (χ3v) is 11.9. The van der Waals surface area contributed by atoms with Crippen LogP contribution in [0.3, 0.4) is 0 Å². The van der Waals surface area contributed by atoms with E-state index in [4.69, 9.17) is 4.55 Å². The minimum absolute atomic E-state index is 0.0680. The average molecular weight is 533 g/mol. The Morgan fingerprint density at radius 2 is 1.72 bits per heavy atom. The van der Waals surface area contributed by atoms with Gasteiger partial charge in [-0.05, 0) is 97.7 Å². The van der Waals surface area contributed by atoms with Crippen molar-refractivity contribution in [3.8, 4) is 0 Å². The van der Waals surface area contributed by atoms with E-state index in [1.807, 2.05) is 0 Å². The molecule has 36 heavy (non-hydrogen) atoms. The second-order valence-electron chi connectivity index (χ2n) is 13.2. The second kappa shape index (κ2) is 10.7. The Hall–Kier alpha value is -0.290. The standard InChI is InChI=1S/C27H48O8S/c1-16(5-4-6-17(14-28)15-35-36(32,33)34)20-7-8-21-25-22(13-24(31)27(20,21)3)26(2)10-9-19(29)11-18(26)12-23(25)30/h16-25,28-31H,4-15H2,1-3H3,(H,32,33,34)/t16?,17?,18?,19-,20?,21?,22?,23?,24-,25?,26+,27-/m1/s1. The molecule has 4 rings (SSSR count). The summed E-state index contributed by atoms with van der Waals surface area (Å²) in [7, 11) is -4.51. The molecule has 0 amide bonds. The van der Waals surface area contributed by atoms with Crippen molar-refractivity contribution >= 4 is 10.4 Å². The van der Waals surface area contributed by atoms with Crippen LogP contribution in [0.1, 0.15) is 85.0 Å². The van der Waals surface area contributed by atoms with Gasteiger partial charge in [0.2, 0.25) is 0 Å². The highest BCUT2D eigenvalue weighted by atomic mass is 32.3. The van der Waals surface area contributed by atoms with Crippen LogP contribution in [0.4, 0.5) is 0 Å². The van der Waals surface area contributed by atoms with Crippen molar-refractivity contribution in [2.75, 3.05) is 13.2 Å². The van der Waals surface area contributed by atoms with Crippen LogP contribution in [0.2, 0.25) is 0 Å². The predicted molar refractivity (Wildman–Crippen MR) is 135 cm³/mol. The molecule has 0 aromatic rings. The van der Waals surface area contributed by atoms with Crippen molar-refractivity contribution in [2.45, 2.75) is 103 Å². The Labute approximate surface area is 216 Å². The van der Waals surface area contributed by atoms with E-state index in [2.05, 4.69) is 25.0 Å². The van der Waals surface area contributed by atoms with Gasteiger partial charge in [0.25, 0.3) is 0 Å². The third kappa shape index (κ3) is 5.27. The quantitative estimate of drug-likeness (QED) is 0.285. The lowest BCUT2D eigenvalue weighted by Gasteiger charge is -2.63. The molecular weight excluding hydrogens is 484 g/mol. The third-order valence-electron chi connectivity index (χ3n) is 11.5. The molecule has 8 unspecified atom stereocenters. The molecule has 0 heterocycles. The molecule has 0 aromatic carbocycles. The van der Waals surface area contributed by atoms with E-state index in [9.17, 15) is 28.8 Å². The van der Waals surface area contributed by atoms with Gasteiger partial charge in [-0.2, -0.15) is 8.42 Å². The Kier molecular flexibility index (Phi) is 8.53. The molecule has 5 N–H and O–H groups in total. The lowest BCUT2D eigenvalue weighted by Crippen LogP contribution is -2.62. The molecule has 0 spiro atoms. The van der Waals surface area contributed by atoms with Crippen molar-refractivity contribution < 1.29 is 37.6 Å². The van der Waals surface area contributed by atoms with Gasteiger partial charge in [-0.3, -0.25) is 4.55 Å². The summed E-state index contributed by atoms with van der Waals surface area (Å²) in [6.07, 6.45) is 7.30. The highest BCUT2D eigenvalue weighted by molar-refractivity contribution is 7.80. The fourth-order valence-electron chi connectivity index (χ4n) is 9.47. The SMILES string of the molecule is CC(CCCC(CO)COS(=O)(=O)O)C1CCC2C3C(O)CC4C[C@H](O)CC[C@]4(C)C3C[C@@H](O)[C@]12C. The van der Waals surface area contributed by atoms with Crippen LogP contribution < -0.4 is 0 Å². The molecule has 4 fully saturated rings. The van der Waals surface area contributed by atoms with Gasteiger partial charge in [-0.25, -0.2) is 4.18 Å². The van der Waals surface area contributed by atoms with Gasteiger partial charge in [-0.1, -0.05) is 33.6 Å². The number of hydrogen-bond donors (Lipinski definition) is 5. The highest BCUT2D eigenvalue weighted by Gasteiger charge is 2.65. The van der Waals surface area contributed by atoms with Gasteiger partial charge in [0, 0.05) is 12.5 Å². The lowest BCUT2D eigenvalue weighted by molar-refractivity contribution is -0.207. The zero-order valence-corrected chi connectivity index (χ0v) is 22.9. The highest BCUT2D eigenvalue weighted by Crippen LogP contribution is 2.68. The first-order valence-electron chi connectivity index (χ1n) is 14.1. The topological polar surface area (TPSA) is 145 Å². The first-order valence-corrected chi connectivity index (χ1v) is 15.4. The minimum atomic E-state index is -4.51. The van der Waals surface area contributed by atoms with Crippen LogP contribution in [-0.2, 0) is 14.6 Å². The van der Waals surface area contributed by atoms with E-state index in [0.717, 1.165) is 57.8 Å². The van der Waals surface area contributed by atoms with Crippen LogP contribution >= 0.6 is 0 Å². The molecule has 0 radical (unpaired) electrons. The molecule has 4 aliphatic rings. The molecule has 8 nitrogen and oxygen atoms in total. The molecule has 0 aromatic heterocycles. The maximum atomic E-state index is 11.7. The maximum absolute atomic E-state index is 11.7. The van der Waals surface area contributed by atoms with E-state index in [0.29, 0.717) is 24.2 Å². The molecule has 4 saturated carbocycles. The smallest absolute Gasteiger partial charge is 0.396 e. The van der Waals surface area contributed by atoms with E-state index in [1.165, 1.54) is 0 Å². The molecule has 0 bridgehead atoms. The van der Waals surface area contributed by atoms with Gasteiger partial charge in [0.15, 0.2) is 0 Å². The molecule has 0 aliphatic heterocycles. The van der Waals surface area contributed by atoms with E-state index in [-0.39, 0.29) is 59.9 Å². The summed E-state index contributed by atoms with van der Waals surface area (Å²) in [6, 6.07) is 0. The van der Waals surface area contributed by atoms with Crippen molar-refractivity contribution in [2.24, 2.45) is 52.3 Å². The summed E-state index contributed by atoms with van der Waals surface area (Å²) >= 11 is 0. The Morgan fingerprint density at radius 1 is 1.00 bits per heavy atom. The lowest BCUT2D eigenvalue weighted by atomic mass is 9.43. The Morgan fingerprint density at radius 3 is 2.39 bits per heavy atom. The molecular formula is C27H48O8S. The summed E-state index contributed by atoms with van der Waals surface area (Å²) in [4.78, 5) is 0.